The molecule has 0 unspecified atom stereocenters. The van der Waals surface area contributed by atoms with Crippen LogP contribution >= 0.6 is 0 Å². The summed E-state index contributed by atoms with van der Waals surface area (Å²) >= 11 is 0. The van der Waals surface area contributed by atoms with Gasteiger partial charge < -0.3 is 14.2 Å². The Balaban J connectivity index is 2.03. The van der Waals surface area contributed by atoms with Gasteiger partial charge in [-0.1, -0.05) is 36.3 Å². The number of hydrogen-bond acceptors (Lipinski definition) is 3. The predicted octanol–water partition coefficient (Wildman–Crippen LogP) is 2.95. The maximum absolute atomic E-state index is 5.82. The van der Waals surface area contributed by atoms with E-state index in [-0.39, 0.29) is 0 Å². The Labute approximate surface area is 124 Å². The maximum Gasteiger partial charge on any atom is 0.265 e. The predicted molar refractivity (Wildman–Crippen MR) is 79.9 cm³/mol. The zero-order valence-corrected chi connectivity index (χ0v) is 11.8. The van der Waals surface area contributed by atoms with Crippen LogP contribution in [0.3, 0.4) is 0 Å². The molecule has 21 heavy (non-hydrogen) atoms. The van der Waals surface area contributed by atoms with Crippen LogP contribution in [0.1, 0.15) is 11.1 Å². The quantitative estimate of drug-likeness (QED) is 0.792. The lowest BCUT2D eigenvalue weighted by Gasteiger charge is -2.23. The van der Waals surface area contributed by atoms with Gasteiger partial charge in [0.15, 0.2) is 0 Å². The van der Waals surface area contributed by atoms with Gasteiger partial charge in [-0.3, -0.25) is 0 Å². The molecule has 0 atom stereocenters. The molecule has 2 aromatic carbocycles. The maximum atomic E-state index is 5.82. The van der Waals surface area contributed by atoms with Crippen molar-refractivity contribution >= 4 is 0 Å². The molecule has 0 aromatic heterocycles. The third-order valence-corrected chi connectivity index (χ3v) is 3.30. The molecule has 1 aliphatic rings. The van der Waals surface area contributed by atoms with Crippen molar-refractivity contribution in [3.05, 3.63) is 65.7 Å². The standard InChI is InChI=1S/C18H16O3/c1-19-17-10-6-5-9-16(17)18(20-13-14-21-18)12-11-15-7-3-2-4-8-15/h2-10H,13-14H2,1H3. The Morgan fingerprint density at radius 3 is 2.33 bits per heavy atom. The normalized spacial score (nSPS) is 16.0. The van der Waals surface area contributed by atoms with E-state index in [0.29, 0.717) is 19.0 Å². The first-order valence-electron chi connectivity index (χ1n) is 6.84. The average Bonchev–Trinajstić information content (AvgIpc) is 3.04. The summed E-state index contributed by atoms with van der Waals surface area (Å²) in [7, 11) is 1.63. The summed E-state index contributed by atoms with van der Waals surface area (Å²) in [6.07, 6.45) is 0. The Bertz CT molecular complexity index is 662. The summed E-state index contributed by atoms with van der Waals surface area (Å²) in [5.41, 5.74) is 1.72. The Hall–Kier alpha value is -2.28. The van der Waals surface area contributed by atoms with Gasteiger partial charge in [0.2, 0.25) is 0 Å². The minimum absolute atomic E-state index is 0.515. The van der Waals surface area contributed by atoms with Crippen LogP contribution in [0, 0.1) is 11.8 Å². The third kappa shape index (κ3) is 2.78. The van der Waals surface area contributed by atoms with Crippen LogP contribution in [0.25, 0.3) is 0 Å². The van der Waals surface area contributed by atoms with Crippen molar-refractivity contribution in [2.75, 3.05) is 20.3 Å². The van der Waals surface area contributed by atoms with Crippen molar-refractivity contribution in [1.29, 1.82) is 0 Å². The SMILES string of the molecule is COc1ccccc1C1(C#Cc2ccccc2)OCCO1. The highest BCUT2D eigenvalue weighted by Crippen LogP contribution is 2.36. The molecule has 0 bridgehead atoms. The average molecular weight is 280 g/mol. The molecule has 0 amide bonds. The fourth-order valence-electron chi connectivity index (χ4n) is 2.30. The van der Waals surface area contributed by atoms with Crippen LogP contribution in [-0.4, -0.2) is 20.3 Å². The van der Waals surface area contributed by atoms with Gasteiger partial charge in [-0.25, -0.2) is 0 Å². The van der Waals surface area contributed by atoms with Gasteiger partial charge in [0.1, 0.15) is 5.75 Å². The summed E-state index contributed by atoms with van der Waals surface area (Å²) < 4.78 is 17.0. The number of hydrogen-bond donors (Lipinski definition) is 0. The molecular weight excluding hydrogens is 264 g/mol. The Morgan fingerprint density at radius 1 is 0.952 bits per heavy atom. The van der Waals surface area contributed by atoms with E-state index in [1.165, 1.54) is 0 Å². The van der Waals surface area contributed by atoms with Crippen molar-refractivity contribution in [2.24, 2.45) is 0 Å². The highest BCUT2D eigenvalue weighted by atomic mass is 16.7. The molecule has 0 N–H and O–H groups in total. The summed E-state index contributed by atoms with van der Waals surface area (Å²) in [6, 6.07) is 17.4. The number of methoxy groups -OCH3 is 1. The lowest BCUT2D eigenvalue weighted by molar-refractivity contribution is -0.115. The minimum atomic E-state index is -1.05. The zero-order valence-electron chi connectivity index (χ0n) is 11.8. The fraction of sp³-hybridized carbons (Fsp3) is 0.222. The molecule has 0 radical (unpaired) electrons. The second-order valence-electron chi connectivity index (χ2n) is 4.63. The van der Waals surface area contributed by atoms with Crippen LogP contribution in [-0.2, 0) is 15.3 Å². The van der Waals surface area contributed by atoms with E-state index in [1.807, 2.05) is 54.6 Å². The molecule has 1 fully saturated rings. The molecule has 1 saturated heterocycles. The van der Waals surface area contributed by atoms with E-state index in [0.717, 1.165) is 11.1 Å². The summed E-state index contributed by atoms with van der Waals surface area (Å²) in [4.78, 5) is 0. The van der Waals surface area contributed by atoms with Gasteiger partial charge in [0, 0.05) is 5.56 Å². The first kappa shape index (κ1) is 13.7. The lowest BCUT2D eigenvalue weighted by atomic mass is 10.0. The highest BCUT2D eigenvalue weighted by Gasteiger charge is 2.39. The smallest absolute Gasteiger partial charge is 0.265 e. The molecular formula is C18H16O3. The number of benzene rings is 2. The fourth-order valence-corrected chi connectivity index (χ4v) is 2.30. The van der Waals surface area contributed by atoms with Gasteiger partial charge in [-0.2, -0.15) is 0 Å². The van der Waals surface area contributed by atoms with Crippen LogP contribution in [0.15, 0.2) is 54.6 Å². The van der Waals surface area contributed by atoms with E-state index >= 15 is 0 Å². The highest BCUT2D eigenvalue weighted by molar-refractivity contribution is 5.44. The van der Waals surface area contributed by atoms with Gasteiger partial charge >= 0.3 is 0 Å². The summed E-state index contributed by atoms with van der Waals surface area (Å²) in [6.45, 7) is 1.03. The molecule has 3 rings (SSSR count). The van der Waals surface area contributed by atoms with Gasteiger partial charge in [-0.15, -0.1) is 0 Å². The second-order valence-corrected chi connectivity index (χ2v) is 4.63. The Morgan fingerprint density at radius 2 is 1.62 bits per heavy atom. The molecule has 106 valence electrons. The number of ether oxygens (including phenoxy) is 3. The van der Waals surface area contributed by atoms with Gasteiger partial charge in [0.25, 0.3) is 5.79 Å². The summed E-state index contributed by atoms with van der Waals surface area (Å²) in [5.74, 6) is 5.91. The minimum Gasteiger partial charge on any atom is -0.496 e. The lowest BCUT2D eigenvalue weighted by Crippen LogP contribution is -2.25. The van der Waals surface area contributed by atoms with Crippen LogP contribution < -0.4 is 4.74 Å². The van der Waals surface area contributed by atoms with Crippen molar-refractivity contribution in [2.45, 2.75) is 5.79 Å². The third-order valence-electron chi connectivity index (χ3n) is 3.30. The van der Waals surface area contributed by atoms with Crippen molar-refractivity contribution < 1.29 is 14.2 Å². The van der Waals surface area contributed by atoms with Crippen LogP contribution in [0.5, 0.6) is 5.75 Å². The van der Waals surface area contributed by atoms with Gasteiger partial charge in [0.05, 0.1) is 25.9 Å². The Kier molecular flexibility index (Phi) is 3.92. The van der Waals surface area contributed by atoms with E-state index in [1.54, 1.807) is 7.11 Å². The number of para-hydroxylation sites is 1. The molecule has 3 nitrogen and oxygen atoms in total. The summed E-state index contributed by atoms with van der Waals surface area (Å²) in [5, 5.41) is 0. The molecule has 2 aromatic rings. The van der Waals surface area contributed by atoms with Crippen LogP contribution in [0.2, 0.25) is 0 Å². The number of rotatable bonds is 2. The zero-order chi connectivity index (χ0) is 14.5. The first-order chi connectivity index (χ1) is 10.3. The van der Waals surface area contributed by atoms with Crippen molar-refractivity contribution in [3.63, 3.8) is 0 Å². The van der Waals surface area contributed by atoms with E-state index in [2.05, 4.69) is 11.8 Å². The first-order valence-corrected chi connectivity index (χ1v) is 6.84. The van der Waals surface area contributed by atoms with E-state index in [9.17, 15) is 0 Å². The molecule has 0 spiro atoms. The monoisotopic (exact) mass is 280 g/mol. The molecule has 1 heterocycles. The van der Waals surface area contributed by atoms with E-state index in [4.69, 9.17) is 14.2 Å². The van der Waals surface area contributed by atoms with Gasteiger partial charge in [-0.05, 0) is 30.2 Å². The van der Waals surface area contributed by atoms with Crippen molar-refractivity contribution in [1.82, 2.24) is 0 Å². The van der Waals surface area contributed by atoms with Crippen LogP contribution in [0.4, 0.5) is 0 Å². The second kappa shape index (κ2) is 6.01. The molecule has 0 saturated carbocycles. The molecule has 1 aliphatic heterocycles. The molecule has 3 heteroatoms. The molecule has 0 aliphatic carbocycles. The topological polar surface area (TPSA) is 27.7 Å². The van der Waals surface area contributed by atoms with E-state index < -0.39 is 5.79 Å². The van der Waals surface area contributed by atoms with Crippen molar-refractivity contribution in [3.8, 4) is 17.6 Å². The largest absolute Gasteiger partial charge is 0.496 e.